The highest BCUT2D eigenvalue weighted by Crippen LogP contribution is 2.37. The standard InChI is InChI=1S/C16H29N3/c1-13-6-9-19(11-14(13)2)10-7-15-5-4-8-16(15,12-17)18-3/h13-15,18H,4-11H2,1-3H3. The lowest BCUT2D eigenvalue weighted by Crippen LogP contribution is -2.46. The van der Waals surface area contributed by atoms with Gasteiger partial charge in [-0.3, -0.25) is 0 Å². The molecule has 19 heavy (non-hydrogen) atoms. The van der Waals surface area contributed by atoms with Crippen molar-refractivity contribution in [3.8, 4) is 6.07 Å². The predicted molar refractivity (Wildman–Crippen MR) is 78.7 cm³/mol. The molecule has 1 saturated heterocycles. The lowest BCUT2D eigenvalue weighted by molar-refractivity contribution is 0.126. The van der Waals surface area contributed by atoms with Crippen LogP contribution >= 0.6 is 0 Å². The molecule has 0 radical (unpaired) electrons. The summed E-state index contributed by atoms with van der Waals surface area (Å²) in [6.45, 7) is 8.41. The number of nitrogens with one attached hydrogen (secondary N) is 1. The molecule has 3 heteroatoms. The van der Waals surface area contributed by atoms with Gasteiger partial charge in [-0.25, -0.2) is 0 Å². The monoisotopic (exact) mass is 263 g/mol. The number of hydrogen-bond donors (Lipinski definition) is 1. The predicted octanol–water partition coefficient (Wildman–Crippen LogP) is 2.64. The van der Waals surface area contributed by atoms with Crippen molar-refractivity contribution >= 4 is 0 Å². The van der Waals surface area contributed by atoms with Gasteiger partial charge in [0.1, 0.15) is 5.54 Å². The van der Waals surface area contributed by atoms with E-state index in [1.165, 1.54) is 45.3 Å². The molecule has 108 valence electrons. The van der Waals surface area contributed by atoms with Gasteiger partial charge in [0, 0.05) is 6.54 Å². The largest absolute Gasteiger partial charge is 0.303 e. The first-order valence-electron chi connectivity index (χ1n) is 7.94. The third-order valence-corrected chi connectivity index (χ3v) is 5.68. The Kier molecular flexibility index (Phi) is 4.86. The molecule has 1 saturated carbocycles. The van der Waals surface area contributed by atoms with Crippen LogP contribution in [0.2, 0.25) is 0 Å². The van der Waals surface area contributed by atoms with Gasteiger partial charge in [-0.1, -0.05) is 20.3 Å². The number of hydrogen-bond acceptors (Lipinski definition) is 3. The van der Waals surface area contributed by atoms with Crippen LogP contribution in [0.1, 0.15) is 46.0 Å². The molecule has 2 rings (SSSR count). The molecular weight excluding hydrogens is 234 g/mol. The van der Waals surface area contributed by atoms with Crippen LogP contribution in [0, 0.1) is 29.1 Å². The van der Waals surface area contributed by atoms with Crippen molar-refractivity contribution in [2.24, 2.45) is 17.8 Å². The molecule has 2 aliphatic rings. The van der Waals surface area contributed by atoms with Crippen LogP contribution in [-0.2, 0) is 0 Å². The lowest BCUT2D eigenvalue weighted by atomic mass is 9.85. The fourth-order valence-corrected chi connectivity index (χ4v) is 3.89. The topological polar surface area (TPSA) is 39.1 Å². The summed E-state index contributed by atoms with van der Waals surface area (Å²) in [6.07, 6.45) is 5.95. The highest BCUT2D eigenvalue weighted by Gasteiger charge is 2.41. The van der Waals surface area contributed by atoms with Crippen LogP contribution in [0.4, 0.5) is 0 Å². The summed E-state index contributed by atoms with van der Waals surface area (Å²) < 4.78 is 0. The molecule has 4 atom stereocenters. The summed E-state index contributed by atoms with van der Waals surface area (Å²) in [7, 11) is 1.95. The number of nitrogens with zero attached hydrogens (tertiary/aromatic N) is 2. The van der Waals surface area contributed by atoms with Crippen molar-refractivity contribution < 1.29 is 0 Å². The highest BCUT2D eigenvalue weighted by atomic mass is 15.1. The van der Waals surface area contributed by atoms with Gasteiger partial charge in [0.2, 0.25) is 0 Å². The lowest BCUT2D eigenvalue weighted by Gasteiger charge is -2.37. The molecule has 0 spiro atoms. The van der Waals surface area contributed by atoms with Crippen LogP contribution < -0.4 is 5.32 Å². The van der Waals surface area contributed by atoms with Gasteiger partial charge in [0.15, 0.2) is 0 Å². The first kappa shape index (κ1) is 14.8. The molecule has 1 heterocycles. The number of piperidine rings is 1. The molecule has 4 unspecified atom stereocenters. The molecule has 1 N–H and O–H groups in total. The average molecular weight is 263 g/mol. The van der Waals surface area contributed by atoms with Crippen LogP contribution in [0.25, 0.3) is 0 Å². The summed E-state index contributed by atoms with van der Waals surface area (Å²) in [5, 5.41) is 12.8. The van der Waals surface area contributed by atoms with Gasteiger partial charge < -0.3 is 10.2 Å². The SMILES string of the molecule is CNC1(C#N)CCCC1CCN1CCC(C)C(C)C1. The smallest absolute Gasteiger partial charge is 0.109 e. The van der Waals surface area contributed by atoms with Gasteiger partial charge >= 0.3 is 0 Å². The van der Waals surface area contributed by atoms with Crippen LogP contribution in [0.3, 0.4) is 0 Å². The minimum atomic E-state index is -0.241. The second-order valence-electron chi connectivity index (χ2n) is 6.75. The van der Waals surface area contributed by atoms with E-state index in [-0.39, 0.29) is 5.54 Å². The normalized spacial score (nSPS) is 40.2. The van der Waals surface area contributed by atoms with Gasteiger partial charge in [-0.15, -0.1) is 0 Å². The fourth-order valence-electron chi connectivity index (χ4n) is 3.89. The van der Waals surface area contributed by atoms with Crippen LogP contribution in [0.15, 0.2) is 0 Å². The highest BCUT2D eigenvalue weighted by molar-refractivity contribution is 5.13. The maximum Gasteiger partial charge on any atom is 0.109 e. The Balaban J connectivity index is 1.84. The van der Waals surface area contributed by atoms with E-state index in [2.05, 4.69) is 30.1 Å². The van der Waals surface area contributed by atoms with E-state index in [1.54, 1.807) is 0 Å². The number of nitriles is 1. The Morgan fingerprint density at radius 1 is 1.32 bits per heavy atom. The first-order chi connectivity index (χ1) is 9.11. The molecule has 3 nitrogen and oxygen atoms in total. The minimum absolute atomic E-state index is 0.241. The molecule has 0 bridgehead atoms. The Bertz CT molecular complexity index is 335. The van der Waals surface area contributed by atoms with E-state index in [0.717, 1.165) is 18.3 Å². The summed E-state index contributed by atoms with van der Waals surface area (Å²) >= 11 is 0. The van der Waals surface area contributed by atoms with E-state index >= 15 is 0 Å². The third kappa shape index (κ3) is 3.12. The van der Waals surface area contributed by atoms with Crippen molar-refractivity contribution in [3.05, 3.63) is 0 Å². The van der Waals surface area contributed by atoms with Gasteiger partial charge in [0.05, 0.1) is 6.07 Å². The average Bonchev–Trinajstić information content (AvgIpc) is 2.83. The van der Waals surface area contributed by atoms with Gasteiger partial charge in [0.25, 0.3) is 0 Å². The summed E-state index contributed by atoms with van der Waals surface area (Å²) in [6, 6.07) is 2.55. The Morgan fingerprint density at radius 2 is 2.11 bits per heavy atom. The zero-order chi connectivity index (χ0) is 13.9. The van der Waals surface area contributed by atoms with Crippen molar-refractivity contribution in [1.82, 2.24) is 10.2 Å². The number of likely N-dealkylation sites (tertiary alicyclic amines) is 1. The van der Waals surface area contributed by atoms with E-state index in [4.69, 9.17) is 0 Å². The maximum atomic E-state index is 9.47. The van der Waals surface area contributed by atoms with E-state index in [1.807, 2.05) is 7.05 Å². The molecule has 2 fully saturated rings. The van der Waals surface area contributed by atoms with Gasteiger partial charge in [-0.2, -0.15) is 5.26 Å². The second kappa shape index (κ2) is 6.24. The quantitative estimate of drug-likeness (QED) is 0.847. The minimum Gasteiger partial charge on any atom is -0.303 e. The summed E-state index contributed by atoms with van der Waals surface area (Å²) in [4.78, 5) is 2.61. The molecule has 0 aromatic heterocycles. The van der Waals surface area contributed by atoms with Crippen LogP contribution in [0.5, 0.6) is 0 Å². The maximum absolute atomic E-state index is 9.47. The van der Waals surface area contributed by atoms with E-state index < -0.39 is 0 Å². The second-order valence-corrected chi connectivity index (χ2v) is 6.75. The molecule has 0 aromatic carbocycles. The Morgan fingerprint density at radius 3 is 2.74 bits per heavy atom. The van der Waals surface area contributed by atoms with Crippen molar-refractivity contribution in [1.29, 1.82) is 5.26 Å². The van der Waals surface area contributed by atoms with E-state index in [0.29, 0.717) is 5.92 Å². The number of rotatable bonds is 4. The Hall–Kier alpha value is -0.590. The molecular formula is C16H29N3. The summed E-state index contributed by atoms with van der Waals surface area (Å²) in [5.41, 5.74) is -0.241. The summed E-state index contributed by atoms with van der Waals surface area (Å²) in [5.74, 6) is 2.23. The van der Waals surface area contributed by atoms with E-state index in [9.17, 15) is 5.26 Å². The Labute approximate surface area is 118 Å². The van der Waals surface area contributed by atoms with Gasteiger partial charge in [-0.05, 0) is 63.6 Å². The molecule has 0 amide bonds. The zero-order valence-corrected chi connectivity index (χ0v) is 12.8. The first-order valence-corrected chi connectivity index (χ1v) is 7.94. The molecule has 1 aliphatic carbocycles. The third-order valence-electron chi connectivity index (χ3n) is 5.68. The van der Waals surface area contributed by atoms with Crippen molar-refractivity contribution in [2.45, 2.75) is 51.5 Å². The molecule has 0 aromatic rings. The zero-order valence-electron chi connectivity index (χ0n) is 12.8. The van der Waals surface area contributed by atoms with Crippen molar-refractivity contribution in [3.63, 3.8) is 0 Å². The van der Waals surface area contributed by atoms with Crippen LogP contribution in [-0.4, -0.2) is 37.1 Å². The fraction of sp³-hybridized carbons (Fsp3) is 0.938. The molecule has 1 aliphatic heterocycles. The van der Waals surface area contributed by atoms with Crippen molar-refractivity contribution in [2.75, 3.05) is 26.7 Å².